The summed E-state index contributed by atoms with van der Waals surface area (Å²) in [5, 5.41) is 14.3. The maximum Gasteiger partial charge on any atom is 0.344 e. The minimum absolute atomic E-state index is 0.142. The van der Waals surface area contributed by atoms with Crippen molar-refractivity contribution in [3.63, 3.8) is 0 Å². The van der Waals surface area contributed by atoms with Gasteiger partial charge in [0.1, 0.15) is 5.75 Å². The molecule has 0 unspecified atom stereocenters. The highest BCUT2D eigenvalue weighted by molar-refractivity contribution is 5.84. The number of nitrogens with zero attached hydrogens (tertiary/aromatic N) is 3. The first-order valence-electron chi connectivity index (χ1n) is 13.6. The molecular weight excluding hydrogens is 538 g/mol. The molecule has 0 aliphatic heterocycles. The quantitative estimate of drug-likeness (QED) is 0.229. The van der Waals surface area contributed by atoms with E-state index >= 15 is 0 Å². The standard InChI is InChI=1S/C32H35N3O7/c1-8-41-26-13-19(4)24(16-23(26)18(2)3)30-34-25-12-10-9-11-22(25)31(36)35(30)33-17-21-14-27(39-6)29(28(15-21)40-7)42-20(5)32(37)38/h9-18,20H,8H2,1-7H3,(H,37,38)/t20-/m0/s1. The van der Waals surface area contributed by atoms with Crippen LogP contribution in [0.3, 0.4) is 0 Å². The molecule has 0 spiro atoms. The van der Waals surface area contributed by atoms with Crippen LogP contribution in [0.2, 0.25) is 0 Å². The van der Waals surface area contributed by atoms with Crippen molar-refractivity contribution in [3.8, 4) is 34.4 Å². The number of para-hydroxylation sites is 1. The number of hydrogen-bond donors (Lipinski definition) is 1. The van der Waals surface area contributed by atoms with E-state index in [4.69, 9.17) is 23.9 Å². The minimum Gasteiger partial charge on any atom is -0.494 e. The lowest BCUT2D eigenvalue weighted by Crippen LogP contribution is -2.23. The van der Waals surface area contributed by atoms with Crippen LogP contribution in [0.5, 0.6) is 23.0 Å². The monoisotopic (exact) mass is 573 g/mol. The third kappa shape index (κ3) is 6.07. The number of ether oxygens (including phenoxy) is 4. The Labute approximate surface area is 244 Å². The first-order valence-corrected chi connectivity index (χ1v) is 13.6. The van der Waals surface area contributed by atoms with E-state index in [1.807, 2.05) is 32.0 Å². The third-order valence-corrected chi connectivity index (χ3v) is 6.72. The molecular formula is C32H35N3O7. The molecule has 10 nitrogen and oxygen atoms in total. The summed E-state index contributed by atoms with van der Waals surface area (Å²) in [7, 11) is 2.87. The lowest BCUT2D eigenvalue weighted by molar-refractivity contribution is -0.144. The zero-order valence-corrected chi connectivity index (χ0v) is 24.8. The highest BCUT2D eigenvalue weighted by Gasteiger charge is 2.21. The van der Waals surface area contributed by atoms with E-state index in [9.17, 15) is 14.7 Å². The number of rotatable bonds is 11. The van der Waals surface area contributed by atoms with E-state index in [0.717, 1.165) is 22.4 Å². The molecule has 0 bridgehead atoms. The predicted molar refractivity (Wildman–Crippen MR) is 162 cm³/mol. The number of methoxy groups -OCH3 is 2. The fourth-order valence-corrected chi connectivity index (χ4v) is 4.52. The van der Waals surface area contributed by atoms with Crippen molar-refractivity contribution in [2.24, 2.45) is 5.10 Å². The first-order chi connectivity index (χ1) is 20.1. The topological polar surface area (TPSA) is 121 Å². The summed E-state index contributed by atoms with van der Waals surface area (Å²) < 4.78 is 23.7. The van der Waals surface area contributed by atoms with Crippen molar-refractivity contribution in [1.29, 1.82) is 0 Å². The number of fused-ring (bicyclic) bond motifs is 1. The number of aryl methyl sites for hydroxylation is 1. The Kier molecular flexibility index (Phi) is 9.15. The number of carboxylic acid groups (broad SMARTS) is 1. The van der Waals surface area contributed by atoms with Crippen LogP contribution in [-0.2, 0) is 4.79 Å². The Morgan fingerprint density at radius 2 is 1.71 bits per heavy atom. The smallest absolute Gasteiger partial charge is 0.344 e. The van der Waals surface area contributed by atoms with Crippen LogP contribution in [0, 0.1) is 6.92 Å². The fraction of sp³-hybridized carbons (Fsp3) is 0.312. The van der Waals surface area contributed by atoms with E-state index in [-0.39, 0.29) is 28.7 Å². The summed E-state index contributed by atoms with van der Waals surface area (Å²) in [6, 6.07) is 14.4. The van der Waals surface area contributed by atoms with Crippen molar-refractivity contribution in [2.75, 3.05) is 20.8 Å². The maximum absolute atomic E-state index is 13.8. The van der Waals surface area contributed by atoms with E-state index in [2.05, 4.69) is 18.9 Å². The van der Waals surface area contributed by atoms with Crippen LogP contribution in [0.15, 0.2) is 58.4 Å². The Balaban J connectivity index is 1.91. The molecule has 42 heavy (non-hydrogen) atoms. The summed E-state index contributed by atoms with van der Waals surface area (Å²) in [5.74, 6) is 0.847. The molecule has 1 atom stereocenters. The molecule has 4 aromatic rings. The number of aromatic nitrogens is 2. The van der Waals surface area contributed by atoms with Gasteiger partial charge in [-0.25, -0.2) is 9.78 Å². The number of aliphatic carboxylic acids is 1. The van der Waals surface area contributed by atoms with Crippen LogP contribution < -0.4 is 24.5 Å². The summed E-state index contributed by atoms with van der Waals surface area (Å²) >= 11 is 0. The van der Waals surface area contributed by atoms with E-state index in [0.29, 0.717) is 28.9 Å². The van der Waals surface area contributed by atoms with Crippen molar-refractivity contribution in [2.45, 2.75) is 46.6 Å². The number of carbonyl (C=O) groups is 1. The molecule has 1 aromatic heterocycles. The largest absolute Gasteiger partial charge is 0.494 e. The Hall–Kier alpha value is -4.86. The zero-order chi connectivity index (χ0) is 30.6. The van der Waals surface area contributed by atoms with Crippen LogP contribution in [0.25, 0.3) is 22.3 Å². The summed E-state index contributed by atoms with van der Waals surface area (Å²) in [6.07, 6.45) is 0.356. The summed E-state index contributed by atoms with van der Waals surface area (Å²) in [5.41, 5.74) is 3.38. The van der Waals surface area contributed by atoms with Gasteiger partial charge in [0.05, 0.1) is 37.9 Å². The third-order valence-electron chi connectivity index (χ3n) is 6.72. The Morgan fingerprint density at radius 3 is 2.31 bits per heavy atom. The highest BCUT2D eigenvalue weighted by atomic mass is 16.6. The molecule has 1 N–H and O–H groups in total. The predicted octanol–water partition coefficient (Wildman–Crippen LogP) is 5.65. The van der Waals surface area contributed by atoms with Gasteiger partial charge < -0.3 is 24.1 Å². The average Bonchev–Trinajstić information content (AvgIpc) is 2.97. The lowest BCUT2D eigenvalue weighted by Gasteiger charge is -2.18. The van der Waals surface area contributed by atoms with Crippen LogP contribution in [-0.4, -0.2) is 53.9 Å². The van der Waals surface area contributed by atoms with E-state index in [1.165, 1.54) is 32.0 Å². The number of benzene rings is 3. The molecule has 220 valence electrons. The molecule has 10 heteroatoms. The van der Waals surface area contributed by atoms with Gasteiger partial charge in [-0.1, -0.05) is 26.0 Å². The van der Waals surface area contributed by atoms with Gasteiger partial charge in [0, 0.05) is 11.1 Å². The van der Waals surface area contributed by atoms with Crippen LogP contribution >= 0.6 is 0 Å². The van der Waals surface area contributed by atoms with Crippen LogP contribution in [0.4, 0.5) is 0 Å². The van der Waals surface area contributed by atoms with E-state index in [1.54, 1.807) is 30.3 Å². The molecule has 0 fully saturated rings. The second kappa shape index (κ2) is 12.8. The lowest BCUT2D eigenvalue weighted by atomic mass is 9.96. The van der Waals surface area contributed by atoms with Gasteiger partial charge >= 0.3 is 5.97 Å². The number of hydrogen-bond acceptors (Lipinski definition) is 8. The van der Waals surface area contributed by atoms with Gasteiger partial charge in [0.2, 0.25) is 5.75 Å². The fourth-order valence-electron chi connectivity index (χ4n) is 4.52. The van der Waals surface area contributed by atoms with E-state index < -0.39 is 12.1 Å². The molecule has 0 saturated carbocycles. The van der Waals surface area contributed by atoms with Gasteiger partial charge in [0.25, 0.3) is 5.56 Å². The summed E-state index contributed by atoms with van der Waals surface area (Å²) in [4.78, 5) is 30.0. The second-order valence-electron chi connectivity index (χ2n) is 9.96. The van der Waals surface area contributed by atoms with Gasteiger partial charge in [-0.15, -0.1) is 0 Å². The molecule has 0 aliphatic rings. The maximum atomic E-state index is 13.8. The van der Waals surface area contributed by atoms with Crippen LogP contribution in [0.1, 0.15) is 50.3 Å². The zero-order valence-electron chi connectivity index (χ0n) is 24.8. The van der Waals surface area contributed by atoms with Crippen molar-refractivity contribution in [1.82, 2.24) is 9.66 Å². The normalized spacial score (nSPS) is 12.1. The average molecular weight is 574 g/mol. The summed E-state index contributed by atoms with van der Waals surface area (Å²) in [6.45, 7) is 10.0. The molecule has 0 amide bonds. The van der Waals surface area contributed by atoms with Gasteiger partial charge in [-0.3, -0.25) is 4.79 Å². The molecule has 3 aromatic carbocycles. The van der Waals surface area contributed by atoms with Gasteiger partial charge in [-0.05, 0) is 74.2 Å². The second-order valence-corrected chi connectivity index (χ2v) is 9.96. The minimum atomic E-state index is -1.13. The van der Waals surface area contributed by atoms with Crippen molar-refractivity contribution in [3.05, 3.63) is 75.6 Å². The molecule has 0 aliphatic carbocycles. The van der Waals surface area contributed by atoms with Gasteiger partial charge in [0.15, 0.2) is 23.4 Å². The Morgan fingerprint density at radius 1 is 1.05 bits per heavy atom. The van der Waals surface area contributed by atoms with Crippen molar-refractivity contribution >= 4 is 23.1 Å². The Bertz CT molecular complexity index is 1680. The van der Waals surface area contributed by atoms with Gasteiger partial charge in [-0.2, -0.15) is 9.78 Å². The first kappa shape index (κ1) is 30.1. The molecule has 0 radical (unpaired) electrons. The number of carboxylic acids is 1. The molecule has 1 heterocycles. The molecule has 4 rings (SSSR count). The van der Waals surface area contributed by atoms with Crippen molar-refractivity contribution < 1.29 is 28.8 Å². The SMILES string of the molecule is CCOc1cc(C)c(-c2nc3ccccc3c(=O)n2N=Cc2cc(OC)c(O[C@@H](C)C(=O)O)c(OC)c2)cc1C(C)C. The highest BCUT2D eigenvalue weighted by Crippen LogP contribution is 2.39. The molecule has 0 saturated heterocycles.